The summed E-state index contributed by atoms with van der Waals surface area (Å²) in [7, 11) is 0. The van der Waals surface area contributed by atoms with Gasteiger partial charge in [-0.05, 0) is 12.1 Å². The Morgan fingerprint density at radius 2 is 1.90 bits per heavy atom. The molecule has 1 amide bonds. The van der Waals surface area contributed by atoms with Gasteiger partial charge in [0.05, 0.1) is 5.60 Å². The lowest BCUT2D eigenvalue weighted by molar-refractivity contribution is -0.0605. The predicted octanol–water partition coefficient (Wildman–Crippen LogP) is 2.00. The first-order valence-electron chi connectivity index (χ1n) is 6.14. The number of halogens is 3. The molecule has 1 saturated heterocycles. The summed E-state index contributed by atoms with van der Waals surface area (Å²) in [4.78, 5) is 11.8. The van der Waals surface area contributed by atoms with Gasteiger partial charge < -0.3 is 15.2 Å². The van der Waals surface area contributed by atoms with Crippen molar-refractivity contribution < 1.29 is 23.4 Å². The number of hydrogen-bond acceptors (Lipinski definition) is 3. The largest absolute Gasteiger partial charge is 0.388 e. The molecule has 2 rings (SSSR count). The molecule has 1 heterocycles. The van der Waals surface area contributed by atoms with Crippen molar-refractivity contribution in [2.24, 2.45) is 0 Å². The quantitative estimate of drug-likeness (QED) is 0.877. The number of carbonyl (C=O) groups excluding carboxylic acids is 1. The lowest BCUT2D eigenvalue weighted by atomic mass is 9.94. The van der Waals surface area contributed by atoms with Crippen LogP contribution in [0.25, 0.3) is 0 Å². The van der Waals surface area contributed by atoms with Crippen molar-refractivity contribution in [2.75, 3.05) is 19.8 Å². The van der Waals surface area contributed by atoms with Crippen molar-refractivity contribution in [1.82, 2.24) is 5.32 Å². The second-order valence-corrected chi connectivity index (χ2v) is 5.68. The fourth-order valence-electron chi connectivity index (χ4n) is 2.02. The Balaban J connectivity index is 2.05. The molecule has 7 heteroatoms. The lowest BCUT2D eigenvalue weighted by Gasteiger charge is -2.32. The molecule has 0 bridgehead atoms. The lowest BCUT2D eigenvalue weighted by Crippen LogP contribution is -2.46. The molecule has 0 atom stereocenters. The highest BCUT2D eigenvalue weighted by molar-refractivity contribution is 9.10. The zero-order valence-corrected chi connectivity index (χ0v) is 12.2. The van der Waals surface area contributed by atoms with Crippen LogP contribution in [0.15, 0.2) is 16.6 Å². The molecule has 4 nitrogen and oxygen atoms in total. The molecular formula is C13H14BrF2NO3. The summed E-state index contributed by atoms with van der Waals surface area (Å²) in [5, 5.41) is 12.5. The van der Waals surface area contributed by atoms with E-state index >= 15 is 0 Å². The number of rotatable bonds is 3. The standard InChI is InChI=1S/C13H14BrF2NO3/c14-8-5-9(15)11(10(16)6-8)12(18)17-7-13(19)1-3-20-4-2-13/h5-6,19H,1-4,7H2,(H,17,18). The third-order valence-corrected chi connectivity index (χ3v) is 3.69. The van der Waals surface area contributed by atoms with Crippen LogP contribution in [0.2, 0.25) is 0 Å². The van der Waals surface area contributed by atoms with E-state index in [9.17, 15) is 18.7 Å². The molecule has 20 heavy (non-hydrogen) atoms. The van der Waals surface area contributed by atoms with Gasteiger partial charge in [0.25, 0.3) is 5.91 Å². The highest BCUT2D eigenvalue weighted by Crippen LogP contribution is 2.21. The van der Waals surface area contributed by atoms with Gasteiger partial charge in [-0.1, -0.05) is 15.9 Å². The molecule has 0 unspecified atom stereocenters. The molecule has 2 N–H and O–H groups in total. The normalized spacial score (nSPS) is 17.8. The summed E-state index contributed by atoms with van der Waals surface area (Å²) in [6.45, 7) is 0.727. The van der Waals surface area contributed by atoms with Crippen LogP contribution in [0.3, 0.4) is 0 Å². The first-order valence-corrected chi connectivity index (χ1v) is 6.93. The fraction of sp³-hybridized carbons (Fsp3) is 0.462. The molecule has 0 aromatic heterocycles. The number of nitrogens with one attached hydrogen (secondary N) is 1. The van der Waals surface area contributed by atoms with E-state index < -0.39 is 28.7 Å². The highest BCUT2D eigenvalue weighted by Gasteiger charge is 2.31. The van der Waals surface area contributed by atoms with Gasteiger partial charge in [0.15, 0.2) is 0 Å². The van der Waals surface area contributed by atoms with Crippen molar-refractivity contribution in [2.45, 2.75) is 18.4 Å². The first-order chi connectivity index (χ1) is 9.41. The van der Waals surface area contributed by atoms with Crippen molar-refractivity contribution in [3.8, 4) is 0 Å². The van der Waals surface area contributed by atoms with Crippen LogP contribution in [0, 0.1) is 11.6 Å². The summed E-state index contributed by atoms with van der Waals surface area (Å²) >= 11 is 2.94. The van der Waals surface area contributed by atoms with Crippen molar-refractivity contribution in [1.29, 1.82) is 0 Å². The molecule has 1 aliphatic rings. The van der Waals surface area contributed by atoms with E-state index in [-0.39, 0.29) is 11.0 Å². The zero-order chi connectivity index (χ0) is 14.8. The minimum absolute atomic E-state index is 0.0653. The fourth-order valence-corrected chi connectivity index (χ4v) is 2.42. The molecule has 0 radical (unpaired) electrons. The van der Waals surface area contributed by atoms with Gasteiger partial charge in [-0.15, -0.1) is 0 Å². The van der Waals surface area contributed by atoms with Crippen LogP contribution >= 0.6 is 15.9 Å². The van der Waals surface area contributed by atoms with Gasteiger partial charge in [-0.25, -0.2) is 8.78 Å². The SMILES string of the molecule is O=C(NCC1(O)CCOCC1)c1c(F)cc(Br)cc1F. The third kappa shape index (κ3) is 3.53. The van der Waals surface area contributed by atoms with E-state index in [4.69, 9.17) is 4.74 Å². The molecular weight excluding hydrogens is 336 g/mol. The third-order valence-electron chi connectivity index (χ3n) is 3.24. The Kier molecular flexibility index (Phi) is 4.72. The van der Waals surface area contributed by atoms with E-state index in [1.807, 2.05) is 0 Å². The maximum Gasteiger partial charge on any atom is 0.257 e. The molecule has 1 aromatic carbocycles. The van der Waals surface area contributed by atoms with Crippen LogP contribution in [-0.2, 0) is 4.74 Å². The van der Waals surface area contributed by atoms with E-state index in [0.29, 0.717) is 26.1 Å². The minimum Gasteiger partial charge on any atom is -0.388 e. The molecule has 1 aromatic rings. The summed E-state index contributed by atoms with van der Waals surface area (Å²) in [6, 6.07) is 2.03. The average molecular weight is 350 g/mol. The topological polar surface area (TPSA) is 58.6 Å². The predicted molar refractivity (Wildman–Crippen MR) is 71.4 cm³/mol. The maximum absolute atomic E-state index is 13.6. The molecule has 0 aliphatic carbocycles. The Morgan fingerprint density at radius 1 is 1.35 bits per heavy atom. The summed E-state index contributed by atoms with van der Waals surface area (Å²) < 4.78 is 32.5. The number of amides is 1. The Labute approximate surface area is 123 Å². The second-order valence-electron chi connectivity index (χ2n) is 4.76. The van der Waals surface area contributed by atoms with E-state index in [2.05, 4.69) is 21.2 Å². The number of hydrogen-bond donors (Lipinski definition) is 2. The van der Waals surface area contributed by atoms with Crippen molar-refractivity contribution in [3.63, 3.8) is 0 Å². The minimum atomic E-state index is -1.09. The molecule has 1 fully saturated rings. The number of ether oxygens (including phenoxy) is 1. The summed E-state index contributed by atoms with van der Waals surface area (Å²) in [6.07, 6.45) is 0.747. The molecule has 0 spiro atoms. The molecule has 0 saturated carbocycles. The zero-order valence-electron chi connectivity index (χ0n) is 10.6. The molecule has 110 valence electrons. The number of carbonyl (C=O) groups is 1. The Hall–Kier alpha value is -1.05. The summed E-state index contributed by atoms with van der Waals surface area (Å²) in [5.74, 6) is -2.78. The summed E-state index contributed by atoms with van der Waals surface area (Å²) in [5.41, 5.74) is -1.74. The van der Waals surface area contributed by atoms with Gasteiger partial charge in [0.2, 0.25) is 0 Å². The highest BCUT2D eigenvalue weighted by atomic mass is 79.9. The van der Waals surface area contributed by atoms with Gasteiger partial charge in [-0.3, -0.25) is 4.79 Å². The average Bonchev–Trinajstić information content (AvgIpc) is 2.36. The van der Waals surface area contributed by atoms with E-state index in [0.717, 1.165) is 12.1 Å². The van der Waals surface area contributed by atoms with E-state index in [1.165, 1.54) is 0 Å². The number of aliphatic hydroxyl groups is 1. The van der Waals surface area contributed by atoms with Gasteiger partial charge in [0.1, 0.15) is 17.2 Å². The Morgan fingerprint density at radius 3 is 2.45 bits per heavy atom. The number of benzene rings is 1. The Bertz CT molecular complexity index is 495. The van der Waals surface area contributed by atoms with Crippen molar-refractivity contribution in [3.05, 3.63) is 33.8 Å². The second kappa shape index (κ2) is 6.15. The van der Waals surface area contributed by atoms with Gasteiger partial charge in [-0.2, -0.15) is 0 Å². The van der Waals surface area contributed by atoms with E-state index in [1.54, 1.807) is 0 Å². The van der Waals surface area contributed by atoms with Crippen LogP contribution in [-0.4, -0.2) is 36.4 Å². The smallest absolute Gasteiger partial charge is 0.257 e. The van der Waals surface area contributed by atoms with Crippen LogP contribution < -0.4 is 5.32 Å². The van der Waals surface area contributed by atoms with Gasteiger partial charge in [0, 0.05) is 37.1 Å². The van der Waals surface area contributed by atoms with Crippen LogP contribution in [0.5, 0.6) is 0 Å². The van der Waals surface area contributed by atoms with Crippen LogP contribution in [0.4, 0.5) is 8.78 Å². The molecule has 1 aliphatic heterocycles. The van der Waals surface area contributed by atoms with Crippen molar-refractivity contribution >= 4 is 21.8 Å². The van der Waals surface area contributed by atoms with Gasteiger partial charge >= 0.3 is 0 Å². The monoisotopic (exact) mass is 349 g/mol. The first kappa shape index (κ1) is 15.3. The maximum atomic E-state index is 13.6. The van der Waals surface area contributed by atoms with Crippen LogP contribution in [0.1, 0.15) is 23.2 Å².